The maximum atomic E-state index is 13.2. The molecule has 1 amide bonds. The number of thioether (sulfide) groups is 1. The van der Waals surface area contributed by atoms with Crippen LogP contribution in [0.25, 0.3) is 11.5 Å². The monoisotopic (exact) mass is 421 g/mol. The molecular formula is C17H13BrFN3O2S. The summed E-state index contributed by atoms with van der Waals surface area (Å²) in [6, 6.07) is 11.5. The van der Waals surface area contributed by atoms with Gasteiger partial charge in [0.2, 0.25) is 11.8 Å². The Labute approximate surface area is 156 Å². The number of halogens is 2. The van der Waals surface area contributed by atoms with Gasteiger partial charge in [-0.25, -0.2) is 4.39 Å². The molecule has 1 heterocycles. The van der Waals surface area contributed by atoms with Gasteiger partial charge in [-0.2, -0.15) is 0 Å². The molecule has 0 aliphatic carbocycles. The van der Waals surface area contributed by atoms with Gasteiger partial charge in [-0.3, -0.25) is 4.79 Å². The topological polar surface area (TPSA) is 68.0 Å². The van der Waals surface area contributed by atoms with Gasteiger partial charge in [0.15, 0.2) is 0 Å². The molecule has 0 fully saturated rings. The molecule has 0 aliphatic heterocycles. The fourth-order valence-corrected chi connectivity index (χ4v) is 2.86. The van der Waals surface area contributed by atoms with Crippen molar-refractivity contribution in [3.05, 3.63) is 58.3 Å². The minimum Gasteiger partial charge on any atom is -0.411 e. The standard InChI is InChI=1S/C17H13BrFN3O2S/c1-10-7-13(5-6-14(10)18)20-15(23)9-25-17-22-21-16(24-17)11-3-2-4-12(19)8-11/h2-8H,9H2,1H3,(H,20,23). The summed E-state index contributed by atoms with van der Waals surface area (Å²) >= 11 is 4.53. The molecule has 0 saturated carbocycles. The zero-order valence-corrected chi connectivity index (χ0v) is 15.5. The summed E-state index contributed by atoms with van der Waals surface area (Å²) in [6.07, 6.45) is 0. The molecule has 0 bridgehead atoms. The molecule has 1 N–H and O–H groups in total. The number of hydrogen-bond donors (Lipinski definition) is 1. The molecule has 3 rings (SSSR count). The van der Waals surface area contributed by atoms with E-state index in [0.29, 0.717) is 5.56 Å². The number of aryl methyl sites for hydroxylation is 1. The molecule has 5 nitrogen and oxygen atoms in total. The van der Waals surface area contributed by atoms with Gasteiger partial charge in [-0.05, 0) is 48.9 Å². The quantitative estimate of drug-likeness (QED) is 0.605. The maximum Gasteiger partial charge on any atom is 0.277 e. The predicted molar refractivity (Wildman–Crippen MR) is 97.9 cm³/mol. The molecule has 0 radical (unpaired) electrons. The molecule has 128 valence electrons. The second-order valence-corrected chi connectivity index (χ2v) is 6.97. The molecule has 8 heteroatoms. The third-order valence-corrected chi connectivity index (χ3v) is 4.95. The average Bonchev–Trinajstić information content (AvgIpc) is 3.05. The molecular weight excluding hydrogens is 409 g/mol. The molecule has 2 aromatic carbocycles. The second kappa shape index (κ2) is 7.79. The van der Waals surface area contributed by atoms with Crippen molar-refractivity contribution in [1.82, 2.24) is 10.2 Å². The first-order valence-electron chi connectivity index (χ1n) is 7.29. The normalized spacial score (nSPS) is 10.7. The number of rotatable bonds is 5. The summed E-state index contributed by atoms with van der Waals surface area (Å²) in [5.41, 5.74) is 2.24. The Morgan fingerprint density at radius 3 is 2.88 bits per heavy atom. The number of nitrogens with one attached hydrogen (secondary N) is 1. The number of carbonyl (C=O) groups excluding carboxylic acids is 1. The summed E-state index contributed by atoms with van der Waals surface area (Å²) in [7, 11) is 0. The van der Waals surface area contributed by atoms with Crippen LogP contribution in [-0.4, -0.2) is 21.9 Å². The molecule has 0 aliphatic rings. The van der Waals surface area contributed by atoms with Crippen LogP contribution in [0.5, 0.6) is 0 Å². The fraction of sp³-hybridized carbons (Fsp3) is 0.118. The van der Waals surface area contributed by atoms with E-state index in [1.807, 2.05) is 25.1 Å². The summed E-state index contributed by atoms with van der Waals surface area (Å²) in [6.45, 7) is 1.95. The molecule has 0 saturated heterocycles. The minimum atomic E-state index is -0.380. The van der Waals surface area contributed by atoms with Crippen LogP contribution >= 0.6 is 27.7 Å². The third-order valence-electron chi connectivity index (χ3n) is 3.25. The Morgan fingerprint density at radius 1 is 1.28 bits per heavy atom. The van der Waals surface area contributed by atoms with Gasteiger partial charge in [-0.1, -0.05) is 33.8 Å². The molecule has 1 aromatic heterocycles. The highest BCUT2D eigenvalue weighted by Gasteiger charge is 2.12. The molecule has 0 unspecified atom stereocenters. The van der Waals surface area contributed by atoms with Crippen LogP contribution in [0.4, 0.5) is 10.1 Å². The van der Waals surface area contributed by atoms with Crippen LogP contribution in [0.3, 0.4) is 0 Å². The van der Waals surface area contributed by atoms with Gasteiger partial charge in [0, 0.05) is 15.7 Å². The number of benzene rings is 2. The first-order chi connectivity index (χ1) is 12.0. The maximum absolute atomic E-state index is 13.2. The zero-order valence-electron chi connectivity index (χ0n) is 13.1. The highest BCUT2D eigenvalue weighted by atomic mass is 79.9. The Morgan fingerprint density at radius 2 is 2.12 bits per heavy atom. The van der Waals surface area contributed by atoms with E-state index in [2.05, 4.69) is 31.4 Å². The van der Waals surface area contributed by atoms with Gasteiger partial charge in [0.25, 0.3) is 5.22 Å². The fourth-order valence-electron chi connectivity index (χ4n) is 2.05. The highest BCUT2D eigenvalue weighted by molar-refractivity contribution is 9.10. The van der Waals surface area contributed by atoms with E-state index >= 15 is 0 Å². The lowest BCUT2D eigenvalue weighted by Crippen LogP contribution is -2.14. The van der Waals surface area contributed by atoms with Crippen molar-refractivity contribution in [2.24, 2.45) is 0 Å². The first-order valence-corrected chi connectivity index (χ1v) is 9.07. The van der Waals surface area contributed by atoms with E-state index in [4.69, 9.17) is 4.42 Å². The number of aromatic nitrogens is 2. The number of nitrogens with zero attached hydrogens (tertiary/aromatic N) is 2. The van der Waals surface area contributed by atoms with E-state index in [0.717, 1.165) is 27.5 Å². The van der Waals surface area contributed by atoms with Crippen LogP contribution < -0.4 is 5.32 Å². The van der Waals surface area contributed by atoms with Crippen molar-refractivity contribution in [3.8, 4) is 11.5 Å². The number of amides is 1. The van der Waals surface area contributed by atoms with Crippen molar-refractivity contribution in [2.45, 2.75) is 12.1 Å². The first kappa shape index (κ1) is 17.6. The molecule has 25 heavy (non-hydrogen) atoms. The largest absolute Gasteiger partial charge is 0.411 e. The Hall–Kier alpha value is -2.19. The van der Waals surface area contributed by atoms with E-state index in [-0.39, 0.29) is 28.6 Å². The van der Waals surface area contributed by atoms with E-state index in [1.165, 1.54) is 12.1 Å². The molecule has 0 spiro atoms. The summed E-state index contributed by atoms with van der Waals surface area (Å²) in [5.74, 6) is -0.225. The average molecular weight is 422 g/mol. The lowest BCUT2D eigenvalue weighted by atomic mass is 10.2. The van der Waals surface area contributed by atoms with Gasteiger partial charge < -0.3 is 9.73 Å². The van der Waals surface area contributed by atoms with Crippen LogP contribution in [0, 0.1) is 12.7 Å². The summed E-state index contributed by atoms with van der Waals surface area (Å²) in [4.78, 5) is 12.0. The minimum absolute atomic E-state index is 0.125. The van der Waals surface area contributed by atoms with Crippen molar-refractivity contribution in [2.75, 3.05) is 11.1 Å². The summed E-state index contributed by atoms with van der Waals surface area (Å²) < 4.78 is 19.7. The van der Waals surface area contributed by atoms with Crippen LogP contribution in [0.1, 0.15) is 5.56 Å². The zero-order chi connectivity index (χ0) is 17.8. The Balaban J connectivity index is 1.58. The lowest BCUT2D eigenvalue weighted by Gasteiger charge is -2.06. The lowest BCUT2D eigenvalue weighted by molar-refractivity contribution is -0.113. The number of hydrogen-bond acceptors (Lipinski definition) is 5. The third kappa shape index (κ3) is 4.67. The van der Waals surface area contributed by atoms with Crippen molar-refractivity contribution < 1.29 is 13.6 Å². The Bertz CT molecular complexity index is 916. The smallest absolute Gasteiger partial charge is 0.277 e. The van der Waals surface area contributed by atoms with Crippen LogP contribution in [0.2, 0.25) is 0 Å². The predicted octanol–water partition coefficient (Wildman–Crippen LogP) is 4.68. The van der Waals surface area contributed by atoms with Gasteiger partial charge >= 0.3 is 0 Å². The molecule has 0 atom stereocenters. The van der Waals surface area contributed by atoms with E-state index < -0.39 is 0 Å². The van der Waals surface area contributed by atoms with Gasteiger partial charge in [0.05, 0.1) is 5.75 Å². The summed E-state index contributed by atoms with van der Waals surface area (Å²) in [5, 5.41) is 10.8. The second-order valence-electron chi connectivity index (χ2n) is 5.18. The highest BCUT2D eigenvalue weighted by Crippen LogP contribution is 2.24. The van der Waals surface area contributed by atoms with Gasteiger partial charge in [0.1, 0.15) is 5.82 Å². The van der Waals surface area contributed by atoms with Gasteiger partial charge in [-0.15, -0.1) is 10.2 Å². The van der Waals surface area contributed by atoms with E-state index in [1.54, 1.807) is 12.1 Å². The van der Waals surface area contributed by atoms with Crippen molar-refractivity contribution in [3.63, 3.8) is 0 Å². The van der Waals surface area contributed by atoms with Crippen molar-refractivity contribution >= 4 is 39.3 Å². The Kier molecular flexibility index (Phi) is 5.50. The number of anilines is 1. The molecule has 3 aromatic rings. The van der Waals surface area contributed by atoms with Crippen LogP contribution in [-0.2, 0) is 4.79 Å². The number of carbonyl (C=O) groups is 1. The van der Waals surface area contributed by atoms with Crippen LogP contribution in [0.15, 0.2) is 56.6 Å². The van der Waals surface area contributed by atoms with Crippen molar-refractivity contribution in [1.29, 1.82) is 0 Å². The van der Waals surface area contributed by atoms with E-state index in [9.17, 15) is 9.18 Å². The SMILES string of the molecule is Cc1cc(NC(=O)CSc2nnc(-c3cccc(F)c3)o2)ccc1Br.